The molecule has 0 heterocycles. The predicted molar refractivity (Wildman–Crippen MR) is 188 cm³/mol. The van der Waals surface area contributed by atoms with Gasteiger partial charge in [-0.2, -0.15) is 0 Å². The molecule has 6 rings (SSSR count). The number of aliphatic hydroxyl groups is 1. The van der Waals surface area contributed by atoms with Gasteiger partial charge in [0.15, 0.2) is 0 Å². The van der Waals surface area contributed by atoms with Crippen molar-refractivity contribution in [1.82, 2.24) is 0 Å². The number of halogens is 5. The molecule has 0 aromatic heterocycles. The van der Waals surface area contributed by atoms with Crippen LogP contribution < -0.4 is 0 Å². The second-order valence-electron chi connectivity index (χ2n) is 9.56. The van der Waals surface area contributed by atoms with Crippen LogP contribution in [-0.2, 0) is 0 Å². The summed E-state index contributed by atoms with van der Waals surface area (Å²) in [6, 6.07) is 31.6. The molecule has 44 heavy (non-hydrogen) atoms. The summed E-state index contributed by atoms with van der Waals surface area (Å²) in [7, 11) is 0. The summed E-state index contributed by atoms with van der Waals surface area (Å²) in [5, 5.41) is 14.4. The largest absolute Gasteiger partial charge is 0.395 e. The van der Waals surface area contributed by atoms with Crippen LogP contribution in [0.3, 0.4) is 0 Å². The van der Waals surface area contributed by atoms with Gasteiger partial charge in [0, 0.05) is 32.9 Å². The standard InChI is InChI=1S/C14H10FI.C14H11FO.C10H6BrF/c2*15-14-7-6-12-5-4-11(3-1-2-8-16)9-13(12)10-14;11-9-3-1-7-2-4-10(12)6-8(7)5-9/h4-7,9-10H,2,8H2;4-7,9-10,16H,2,8H2;1-6H. The molecule has 6 aromatic rings. The molecular weight excluding hydrogens is 736 g/mol. The van der Waals surface area contributed by atoms with Crippen LogP contribution >= 0.6 is 38.5 Å². The van der Waals surface area contributed by atoms with Gasteiger partial charge in [0.2, 0.25) is 0 Å². The zero-order valence-electron chi connectivity index (χ0n) is 23.6. The quantitative estimate of drug-likeness (QED) is 0.106. The fraction of sp³-hybridized carbons (Fsp3) is 0.105. The minimum Gasteiger partial charge on any atom is -0.395 e. The minimum absolute atomic E-state index is 0.0647. The Morgan fingerprint density at radius 1 is 0.523 bits per heavy atom. The van der Waals surface area contributed by atoms with E-state index in [0.29, 0.717) is 6.42 Å². The zero-order chi connectivity index (χ0) is 31.3. The average molecular weight is 763 g/mol. The number of benzene rings is 6. The Bertz CT molecular complexity index is 1880. The topological polar surface area (TPSA) is 20.2 Å². The summed E-state index contributed by atoms with van der Waals surface area (Å²) in [5.41, 5.74) is 1.79. The SMILES string of the molecule is Fc1ccc2ccc(Br)cc2c1.Fc1ccc2ccc(C#CCCI)cc2c1.OCCC#Cc1ccc2ccc(F)cc2c1. The minimum atomic E-state index is -0.243. The maximum absolute atomic E-state index is 13.0. The second kappa shape index (κ2) is 16.9. The second-order valence-corrected chi connectivity index (χ2v) is 11.6. The van der Waals surface area contributed by atoms with Crippen LogP contribution in [0.2, 0.25) is 0 Å². The van der Waals surface area contributed by atoms with Crippen LogP contribution in [0, 0.1) is 41.1 Å². The Kier molecular flexibility index (Phi) is 12.7. The van der Waals surface area contributed by atoms with Crippen molar-refractivity contribution in [2.75, 3.05) is 11.0 Å². The highest BCUT2D eigenvalue weighted by Gasteiger charge is 1.98. The first-order valence-corrected chi connectivity index (χ1v) is 16.0. The Hall–Kier alpha value is -3.82. The summed E-state index contributed by atoms with van der Waals surface area (Å²) in [6.07, 6.45) is 1.35. The Labute approximate surface area is 277 Å². The number of hydrogen-bond acceptors (Lipinski definition) is 1. The molecule has 0 bridgehead atoms. The number of fused-ring (bicyclic) bond motifs is 3. The molecule has 1 nitrogen and oxygen atoms in total. The van der Waals surface area contributed by atoms with Crippen molar-refractivity contribution < 1.29 is 18.3 Å². The van der Waals surface area contributed by atoms with Crippen LogP contribution in [0.5, 0.6) is 0 Å². The molecule has 0 fully saturated rings. The third-order valence-electron chi connectivity index (χ3n) is 6.29. The van der Waals surface area contributed by atoms with E-state index >= 15 is 0 Å². The maximum Gasteiger partial charge on any atom is 0.123 e. The third-order valence-corrected chi connectivity index (χ3v) is 7.32. The van der Waals surface area contributed by atoms with Crippen molar-refractivity contribution >= 4 is 70.8 Å². The lowest BCUT2D eigenvalue weighted by molar-refractivity contribution is 0.305. The summed E-state index contributed by atoms with van der Waals surface area (Å²) in [6.45, 7) is 0.0647. The molecule has 0 saturated heterocycles. The molecule has 0 aliphatic carbocycles. The molecule has 0 radical (unpaired) electrons. The molecule has 6 aromatic carbocycles. The lowest BCUT2D eigenvalue weighted by Gasteiger charge is -1.98. The summed E-state index contributed by atoms with van der Waals surface area (Å²) >= 11 is 5.63. The first kappa shape index (κ1) is 33.1. The van der Waals surface area contributed by atoms with Gasteiger partial charge in [-0.1, -0.05) is 98.6 Å². The van der Waals surface area contributed by atoms with Gasteiger partial charge in [-0.15, -0.1) is 0 Å². The maximum atomic E-state index is 13.0. The fourth-order valence-electron chi connectivity index (χ4n) is 4.21. The normalized spacial score (nSPS) is 10.0. The Morgan fingerprint density at radius 3 is 1.39 bits per heavy atom. The van der Waals surface area contributed by atoms with E-state index in [0.717, 1.165) is 58.8 Å². The zero-order valence-corrected chi connectivity index (χ0v) is 27.3. The van der Waals surface area contributed by atoms with E-state index in [1.54, 1.807) is 24.3 Å². The van der Waals surface area contributed by atoms with E-state index in [2.05, 4.69) is 62.2 Å². The first-order valence-electron chi connectivity index (χ1n) is 13.7. The Morgan fingerprint density at radius 2 is 0.932 bits per heavy atom. The number of hydrogen-bond donors (Lipinski definition) is 1. The van der Waals surface area contributed by atoms with Crippen LogP contribution in [-0.4, -0.2) is 16.1 Å². The van der Waals surface area contributed by atoms with E-state index in [9.17, 15) is 13.2 Å². The van der Waals surface area contributed by atoms with Gasteiger partial charge in [-0.3, -0.25) is 0 Å². The Balaban J connectivity index is 0.000000152. The summed E-state index contributed by atoms with van der Waals surface area (Å²) in [5.74, 6) is 11.3. The lowest BCUT2D eigenvalue weighted by Crippen LogP contribution is -1.80. The molecule has 220 valence electrons. The fourth-order valence-corrected chi connectivity index (χ4v) is 4.86. The molecule has 1 N–H and O–H groups in total. The first-order chi connectivity index (χ1) is 21.3. The molecule has 0 amide bonds. The van der Waals surface area contributed by atoms with Crippen LogP contribution in [0.25, 0.3) is 32.3 Å². The molecule has 0 atom stereocenters. The van der Waals surface area contributed by atoms with E-state index < -0.39 is 0 Å². The van der Waals surface area contributed by atoms with Gasteiger partial charge in [0.05, 0.1) is 6.61 Å². The van der Waals surface area contributed by atoms with Crippen molar-refractivity contribution in [2.24, 2.45) is 0 Å². The van der Waals surface area contributed by atoms with E-state index in [4.69, 9.17) is 5.11 Å². The summed E-state index contributed by atoms with van der Waals surface area (Å²) in [4.78, 5) is 0. The van der Waals surface area contributed by atoms with Gasteiger partial charge < -0.3 is 5.11 Å². The number of aliphatic hydroxyl groups excluding tert-OH is 1. The number of alkyl halides is 1. The van der Waals surface area contributed by atoms with Crippen LogP contribution in [0.1, 0.15) is 24.0 Å². The average Bonchev–Trinajstić information content (AvgIpc) is 3.01. The predicted octanol–water partition coefficient (Wildman–Crippen LogP) is 10.6. The van der Waals surface area contributed by atoms with Gasteiger partial charge >= 0.3 is 0 Å². The highest BCUT2D eigenvalue weighted by atomic mass is 127. The highest BCUT2D eigenvalue weighted by molar-refractivity contribution is 14.1. The van der Waals surface area contributed by atoms with Crippen molar-refractivity contribution in [2.45, 2.75) is 12.8 Å². The van der Waals surface area contributed by atoms with E-state index in [1.165, 1.54) is 30.3 Å². The number of rotatable bonds is 2. The van der Waals surface area contributed by atoms with Crippen molar-refractivity contribution in [3.8, 4) is 23.7 Å². The molecule has 0 aliphatic heterocycles. The smallest absolute Gasteiger partial charge is 0.123 e. The molecule has 0 spiro atoms. The van der Waals surface area contributed by atoms with Crippen molar-refractivity contribution in [3.05, 3.63) is 142 Å². The molecular formula is C38H27BrF3IO. The van der Waals surface area contributed by atoms with Gasteiger partial charge in [0.25, 0.3) is 0 Å². The molecule has 6 heteroatoms. The molecule has 0 unspecified atom stereocenters. The lowest BCUT2D eigenvalue weighted by atomic mass is 10.1. The highest BCUT2D eigenvalue weighted by Crippen LogP contribution is 2.21. The van der Waals surface area contributed by atoms with Gasteiger partial charge in [-0.05, 0) is 105 Å². The summed E-state index contributed by atoms with van der Waals surface area (Å²) < 4.78 is 40.8. The third kappa shape index (κ3) is 10.1. The van der Waals surface area contributed by atoms with Crippen molar-refractivity contribution in [1.29, 1.82) is 0 Å². The monoisotopic (exact) mass is 762 g/mol. The van der Waals surface area contributed by atoms with Crippen LogP contribution in [0.15, 0.2) is 114 Å². The van der Waals surface area contributed by atoms with E-state index in [-0.39, 0.29) is 24.1 Å². The van der Waals surface area contributed by atoms with Crippen LogP contribution in [0.4, 0.5) is 13.2 Å². The molecule has 0 saturated carbocycles. The molecule has 0 aliphatic rings. The van der Waals surface area contributed by atoms with Crippen molar-refractivity contribution in [3.63, 3.8) is 0 Å². The van der Waals surface area contributed by atoms with Gasteiger partial charge in [0.1, 0.15) is 17.5 Å². The van der Waals surface area contributed by atoms with Gasteiger partial charge in [-0.25, -0.2) is 13.2 Å². The van der Waals surface area contributed by atoms with E-state index in [1.807, 2.05) is 54.6 Å².